The Morgan fingerprint density at radius 1 is 1.29 bits per heavy atom. The largest absolute Gasteiger partial charge is 0.611 e. The van der Waals surface area contributed by atoms with E-state index >= 15 is 0 Å². The smallest absolute Gasteiger partial charge is 0.166 e. The van der Waals surface area contributed by atoms with Crippen molar-refractivity contribution in [2.75, 3.05) is 51.1 Å². The number of hydrogen-bond acceptors (Lipinski definition) is 5. The summed E-state index contributed by atoms with van der Waals surface area (Å²) in [5.74, 6) is 0.663. The molecule has 166 valence electrons. The number of ether oxygens (including phenoxy) is 1. The lowest BCUT2D eigenvalue weighted by molar-refractivity contribution is -0.127. The number of nitrogens with zero attached hydrogens (tertiary/aromatic N) is 2. The van der Waals surface area contributed by atoms with Gasteiger partial charge in [-0.05, 0) is 35.8 Å². The first-order chi connectivity index (χ1) is 15.0. The van der Waals surface area contributed by atoms with Crippen molar-refractivity contribution < 1.29 is 14.1 Å². The predicted octanol–water partition coefficient (Wildman–Crippen LogP) is 3.52. The van der Waals surface area contributed by atoms with Gasteiger partial charge in [-0.2, -0.15) is 0 Å². The summed E-state index contributed by atoms with van der Waals surface area (Å²) in [5, 5.41) is 0. The monoisotopic (exact) mass is 441 g/mol. The third kappa shape index (κ3) is 4.40. The van der Waals surface area contributed by atoms with E-state index in [9.17, 15) is 9.35 Å². The number of carbonyl (C=O) groups is 1. The highest BCUT2D eigenvalue weighted by Crippen LogP contribution is 2.44. The Balaban J connectivity index is 1.78. The van der Waals surface area contributed by atoms with E-state index in [1.54, 1.807) is 6.20 Å². The minimum Gasteiger partial charge on any atom is -0.611 e. The zero-order valence-corrected chi connectivity index (χ0v) is 19.3. The lowest BCUT2D eigenvalue weighted by atomic mass is 9.77. The number of aldehydes is 1. The van der Waals surface area contributed by atoms with E-state index in [-0.39, 0.29) is 5.41 Å². The number of hydrogen-bond donors (Lipinski definition) is 1. The minimum absolute atomic E-state index is 0.285. The summed E-state index contributed by atoms with van der Waals surface area (Å²) in [5.41, 5.74) is 4.75. The van der Waals surface area contributed by atoms with Crippen LogP contribution in [-0.4, -0.2) is 66.9 Å². The van der Waals surface area contributed by atoms with Crippen molar-refractivity contribution in [2.24, 2.45) is 5.41 Å². The molecule has 2 fully saturated rings. The van der Waals surface area contributed by atoms with Crippen molar-refractivity contribution >= 4 is 28.7 Å². The maximum absolute atomic E-state index is 12.9. The molecule has 0 amide bonds. The lowest BCUT2D eigenvalue weighted by Gasteiger charge is -2.56. The Morgan fingerprint density at radius 3 is 2.68 bits per heavy atom. The van der Waals surface area contributed by atoms with Gasteiger partial charge >= 0.3 is 0 Å². The molecular weight excluding hydrogens is 410 g/mol. The number of benzene rings is 1. The maximum atomic E-state index is 12.9. The first-order valence-electron chi connectivity index (χ1n) is 10.8. The third-order valence-electron chi connectivity index (χ3n) is 5.99. The van der Waals surface area contributed by atoms with E-state index < -0.39 is 11.2 Å². The first-order valence-corrected chi connectivity index (χ1v) is 12.1. The van der Waals surface area contributed by atoms with Crippen LogP contribution in [0, 0.1) is 5.41 Å². The van der Waals surface area contributed by atoms with Crippen LogP contribution in [0.25, 0.3) is 5.57 Å². The van der Waals surface area contributed by atoms with Gasteiger partial charge in [0.25, 0.3) is 0 Å². The van der Waals surface area contributed by atoms with Gasteiger partial charge in [-0.1, -0.05) is 13.3 Å². The molecule has 0 aliphatic carbocycles. The van der Waals surface area contributed by atoms with Crippen LogP contribution in [0.4, 0.5) is 5.69 Å². The van der Waals surface area contributed by atoms with Crippen LogP contribution < -0.4 is 4.90 Å². The molecule has 2 saturated heterocycles. The van der Waals surface area contributed by atoms with Crippen LogP contribution in [0.15, 0.2) is 41.6 Å². The van der Waals surface area contributed by atoms with Crippen LogP contribution >= 0.6 is 0 Å². The molecule has 6 nitrogen and oxygen atoms in total. The Labute approximate surface area is 187 Å². The molecular formula is C24H31N3O3S. The molecule has 2 aromatic rings. The van der Waals surface area contributed by atoms with Gasteiger partial charge in [0.2, 0.25) is 0 Å². The summed E-state index contributed by atoms with van der Waals surface area (Å²) in [6.45, 7) is 5.68. The van der Waals surface area contributed by atoms with Gasteiger partial charge < -0.3 is 24.1 Å². The second kappa shape index (κ2) is 9.10. The molecule has 2 aliphatic rings. The third-order valence-corrected chi connectivity index (χ3v) is 7.43. The molecule has 1 unspecified atom stereocenters. The molecule has 1 aromatic heterocycles. The van der Waals surface area contributed by atoms with Crippen molar-refractivity contribution in [3.8, 4) is 0 Å². The maximum Gasteiger partial charge on any atom is 0.166 e. The Morgan fingerprint density at radius 2 is 2.06 bits per heavy atom. The Kier molecular flexibility index (Phi) is 6.46. The van der Waals surface area contributed by atoms with E-state index in [0.717, 1.165) is 72.7 Å². The number of anilines is 1. The average molecular weight is 442 g/mol. The molecule has 31 heavy (non-hydrogen) atoms. The number of aromatic nitrogens is 1. The average Bonchev–Trinajstić information content (AvgIpc) is 3.16. The van der Waals surface area contributed by atoms with Crippen LogP contribution in [0.3, 0.4) is 0 Å². The summed E-state index contributed by atoms with van der Waals surface area (Å²) >= 11 is -1.04. The lowest BCUT2D eigenvalue weighted by Crippen LogP contribution is -2.66. The van der Waals surface area contributed by atoms with Gasteiger partial charge in [0.1, 0.15) is 5.75 Å². The number of carbonyl (C=O) groups excluding carboxylic acids is 1. The van der Waals surface area contributed by atoms with Gasteiger partial charge in [-0.15, -0.1) is 0 Å². The Bertz CT molecular complexity index is 957. The summed E-state index contributed by atoms with van der Waals surface area (Å²) in [6, 6.07) is 8.08. The van der Waals surface area contributed by atoms with Crippen molar-refractivity contribution in [3.63, 3.8) is 0 Å². The molecule has 1 atom stereocenters. The minimum atomic E-state index is -1.04. The zero-order valence-electron chi connectivity index (χ0n) is 18.5. The van der Waals surface area contributed by atoms with E-state index in [2.05, 4.69) is 28.9 Å². The number of aromatic amines is 1. The molecule has 1 N–H and O–H groups in total. The van der Waals surface area contributed by atoms with Crippen LogP contribution in [0.5, 0.6) is 0 Å². The molecule has 0 radical (unpaired) electrons. The molecule has 7 heteroatoms. The van der Waals surface area contributed by atoms with Gasteiger partial charge in [0.05, 0.1) is 24.3 Å². The molecule has 1 spiro atoms. The van der Waals surface area contributed by atoms with Gasteiger partial charge in [0.15, 0.2) is 11.2 Å². The highest BCUT2D eigenvalue weighted by Gasteiger charge is 2.49. The first kappa shape index (κ1) is 22.0. The predicted molar refractivity (Wildman–Crippen MR) is 125 cm³/mol. The number of H-pyrrole nitrogens is 1. The normalized spacial score (nSPS) is 18.5. The number of unbranched alkanes of at least 4 members (excludes halogenated alkanes) is 1. The summed E-state index contributed by atoms with van der Waals surface area (Å²) in [4.78, 5) is 19.9. The van der Waals surface area contributed by atoms with Crippen molar-refractivity contribution in [1.29, 1.82) is 0 Å². The molecule has 0 saturated carbocycles. The second-order valence-corrected chi connectivity index (χ2v) is 10.4. The number of nitrogens with one attached hydrogen (secondary N) is 1. The van der Waals surface area contributed by atoms with E-state index in [4.69, 9.17) is 4.74 Å². The summed E-state index contributed by atoms with van der Waals surface area (Å²) in [6.07, 6.45) is 6.63. The fourth-order valence-corrected chi connectivity index (χ4v) is 5.56. The fourth-order valence-electron chi connectivity index (χ4n) is 4.31. The summed E-state index contributed by atoms with van der Waals surface area (Å²) in [7, 11) is 3.95. The molecule has 2 aliphatic heterocycles. The van der Waals surface area contributed by atoms with E-state index in [1.165, 1.54) is 0 Å². The van der Waals surface area contributed by atoms with Crippen molar-refractivity contribution in [2.45, 2.75) is 24.7 Å². The topological polar surface area (TPSA) is 71.6 Å². The van der Waals surface area contributed by atoms with Crippen molar-refractivity contribution in [1.82, 2.24) is 9.88 Å². The van der Waals surface area contributed by atoms with E-state index in [0.29, 0.717) is 11.4 Å². The van der Waals surface area contributed by atoms with E-state index in [1.807, 2.05) is 37.3 Å². The van der Waals surface area contributed by atoms with Gasteiger partial charge in [0, 0.05) is 68.0 Å². The SMILES string of the molecule is CCCC[S+]([O-])c1ccc(N2CC3(COC3)C2)c(/C(=C/N(C)C)c2cc[nH]c2C=O)c1. The highest BCUT2D eigenvalue weighted by molar-refractivity contribution is 7.91. The molecule has 0 bridgehead atoms. The fraction of sp³-hybridized carbons (Fsp3) is 0.458. The summed E-state index contributed by atoms with van der Waals surface area (Å²) < 4.78 is 18.4. The molecule has 4 rings (SSSR count). The number of rotatable bonds is 9. The van der Waals surface area contributed by atoms with Crippen LogP contribution in [0.1, 0.15) is 41.4 Å². The van der Waals surface area contributed by atoms with Gasteiger partial charge in [-0.3, -0.25) is 4.79 Å². The highest BCUT2D eigenvalue weighted by atomic mass is 32.2. The van der Waals surface area contributed by atoms with Gasteiger partial charge in [-0.25, -0.2) is 0 Å². The molecule has 1 aromatic carbocycles. The Hall–Kier alpha value is -2.22. The zero-order chi connectivity index (χ0) is 22.0. The van der Waals surface area contributed by atoms with Crippen LogP contribution in [-0.2, 0) is 15.9 Å². The van der Waals surface area contributed by atoms with Crippen LogP contribution in [0.2, 0.25) is 0 Å². The van der Waals surface area contributed by atoms with Crippen molar-refractivity contribution in [3.05, 3.63) is 53.5 Å². The molecule has 3 heterocycles. The second-order valence-electron chi connectivity index (χ2n) is 8.86. The quantitative estimate of drug-likeness (QED) is 0.476. The standard InChI is InChI=1S/C24H31N3O3S/c1-4-5-10-31(29)18-6-7-23(27-14-24(15-27)16-30-17-24)20(11-18)21(12-26(2)3)19-8-9-25-22(19)13-28/h6-9,11-13,25H,4-5,10,14-17H2,1-3H3/b21-12+.